The average Bonchev–Trinajstić information content (AvgIpc) is 2.83. The van der Waals surface area contributed by atoms with Crippen LogP contribution in [0.2, 0.25) is 0 Å². The van der Waals surface area contributed by atoms with Gasteiger partial charge in [0, 0.05) is 18.9 Å². The van der Waals surface area contributed by atoms with Gasteiger partial charge in [-0.3, -0.25) is 0 Å². The Labute approximate surface area is 115 Å². The molecule has 1 N–H and O–H groups in total. The number of ether oxygens (including phenoxy) is 4. The van der Waals surface area contributed by atoms with Crippen molar-refractivity contribution >= 4 is 0 Å². The lowest BCUT2D eigenvalue weighted by Gasteiger charge is -2.40. The molecule has 5 heteroatoms. The Morgan fingerprint density at radius 1 is 1.26 bits per heavy atom. The van der Waals surface area contributed by atoms with Crippen LogP contribution in [-0.2, 0) is 18.9 Å². The first-order valence-electron chi connectivity index (χ1n) is 7.33. The number of likely N-dealkylation sites (N-methyl/N-ethyl adjacent to an activating group) is 1. The molecule has 2 unspecified atom stereocenters. The standard InChI is InChI=1S/C14H27NO4/c1-11(2)16-6-7-17-13-10-14(18-8-9-19-14)5-4-12(13)15-3/h11-13,15H,4-10H2,1-3H3. The predicted octanol–water partition coefficient (Wildman–Crippen LogP) is 1.31. The second-order valence-electron chi connectivity index (χ2n) is 5.57. The average molecular weight is 273 g/mol. The maximum Gasteiger partial charge on any atom is 0.171 e. The molecule has 0 aromatic rings. The minimum absolute atomic E-state index is 0.132. The third-order valence-corrected chi connectivity index (χ3v) is 3.85. The van der Waals surface area contributed by atoms with Gasteiger partial charge in [0.2, 0.25) is 0 Å². The fourth-order valence-corrected chi connectivity index (χ4v) is 2.86. The van der Waals surface area contributed by atoms with Crippen LogP contribution in [-0.4, -0.2) is 57.5 Å². The molecule has 5 nitrogen and oxygen atoms in total. The molecule has 1 spiro atoms. The van der Waals surface area contributed by atoms with Gasteiger partial charge in [-0.1, -0.05) is 0 Å². The largest absolute Gasteiger partial charge is 0.376 e. The maximum absolute atomic E-state index is 5.98. The number of hydrogen-bond acceptors (Lipinski definition) is 5. The molecular weight excluding hydrogens is 246 g/mol. The van der Waals surface area contributed by atoms with Crippen molar-refractivity contribution < 1.29 is 18.9 Å². The molecule has 1 heterocycles. The topological polar surface area (TPSA) is 49.0 Å². The lowest BCUT2D eigenvalue weighted by Crippen LogP contribution is -2.51. The van der Waals surface area contributed by atoms with Crippen molar-refractivity contribution in [3.63, 3.8) is 0 Å². The van der Waals surface area contributed by atoms with Gasteiger partial charge >= 0.3 is 0 Å². The smallest absolute Gasteiger partial charge is 0.171 e. The second kappa shape index (κ2) is 6.99. The Kier molecular flexibility index (Phi) is 5.59. The molecule has 2 fully saturated rings. The molecule has 1 aliphatic carbocycles. The van der Waals surface area contributed by atoms with Gasteiger partial charge in [-0.15, -0.1) is 0 Å². The zero-order chi connectivity index (χ0) is 13.7. The quantitative estimate of drug-likeness (QED) is 0.740. The number of hydrogen-bond donors (Lipinski definition) is 1. The van der Waals surface area contributed by atoms with E-state index in [2.05, 4.69) is 5.32 Å². The van der Waals surface area contributed by atoms with E-state index in [0.29, 0.717) is 32.5 Å². The van der Waals surface area contributed by atoms with Gasteiger partial charge in [-0.25, -0.2) is 0 Å². The molecule has 2 atom stereocenters. The predicted molar refractivity (Wildman–Crippen MR) is 72.2 cm³/mol. The van der Waals surface area contributed by atoms with Crippen molar-refractivity contribution in [2.45, 2.75) is 57.1 Å². The summed E-state index contributed by atoms with van der Waals surface area (Å²) in [6, 6.07) is 0.373. The molecule has 112 valence electrons. The minimum atomic E-state index is -0.392. The fourth-order valence-electron chi connectivity index (χ4n) is 2.86. The second-order valence-corrected chi connectivity index (χ2v) is 5.57. The SMILES string of the molecule is CNC1CCC2(CC1OCCOC(C)C)OCCO2. The molecule has 0 bridgehead atoms. The summed E-state index contributed by atoms with van der Waals surface area (Å²) in [7, 11) is 1.99. The summed E-state index contributed by atoms with van der Waals surface area (Å²) in [4.78, 5) is 0. The van der Waals surface area contributed by atoms with Gasteiger partial charge in [0.25, 0.3) is 0 Å². The molecule has 0 amide bonds. The summed E-state index contributed by atoms with van der Waals surface area (Å²) in [6.07, 6.45) is 3.16. The summed E-state index contributed by atoms with van der Waals surface area (Å²) in [5, 5.41) is 3.33. The van der Waals surface area contributed by atoms with E-state index in [1.807, 2.05) is 20.9 Å². The first-order chi connectivity index (χ1) is 9.15. The Balaban J connectivity index is 1.80. The zero-order valence-corrected chi connectivity index (χ0v) is 12.3. The summed E-state index contributed by atoms with van der Waals surface area (Å²) >= 11 is 0. The van der Waals surface area contributed by atoms with Gasteiger partial charge in [0.05, 0.1) is 38.6 Å². The van der Waals surface area contributed by atoms with Crippen LogP contribution in [0.4, 0.5) is 0 Å². The summed E-state index contributed by atoms with van der Waals surface area (Å²) in [5.74, 6) is -0.392. The number of nitrogens with one attached hydrogen (secondary N) is 1. The van der Waals surface area contributed by atoms with Crippen LogP contribution in [0.5, 0.6) is 0 Å². The van der Waals surface area contributed by atoms with E-state index in [9.17, 15) is 0 Å². The monoisotopic (exact) mass is 273 g/mol. The highest BCUT2D eigenvalue weighted by molar-refractivity contribution is 4.91. The van der Waals surface area contributed by atoms with Gasteiger partial charge in [0.15, 0.2) is 5.79 Å². The van der Waals surface area contributed by atoms with Gasteiger partial charge in [-0.2, -0.15) is 0 Å². The molecule has 1 saturated carbocycles. The summed E-state index contributed by atoms with van der Waals surface area (Å²) < 4.78 is 23.1. The van der Waals surface area contributed by atoms with Crippen LogP contribution in [0.25, 0.3) is 0 Å². The summed E-state index contributed by atoms with van der Waals surface area (Å²) in [5.41, 5.74) is 0. The van der Waals surface area contributed by atoms with Crippen LogP contribution < -0.4 is 5.32 Å². The Bertz CT molecular complexity index is 266. The molecule has 0 aromatic heterocycles. The minimum Gasteiger partial charge on any atom is -0.376 e. The van der Waals surface area contributed by atoms with E-state index in [0.717, 1.165) is 19.3 Å². The highest BCUT2D eigenvalue weighted by atomic mass is 16.7. The van der Waals surface area contributed by atoms with Crippen LogP contribution in [0.15, 0.2) is 0 Å². The molecule has 0 aromatic carbocycles. The molecule has 1 aliphatic heterocycles. The lowest BCUT2D eigenvalue weighted by atomic mass is 9.87. The Morgan fingerprint density at radius 2 is 2.00 bits per heavy atom. The van der Waals surface area contributed by atoms with E-state index in [4.69, 9.17) is 18.9 Å². The summed E-state index contributed by atoms with van der Waals surface area (Å²) in [6.45, 7) is 6.73. The van der Waals surface area contributed by atoms with Crippen molar-refractivity contribution in [2.24, 2.45) is 0 Å². The van der Waals surface area contributed by atoms with Crippen LogP contribution in [0.1, 0.15) is 33.1 Å². The van der Waals surface area contributed by atoms with Gasteiger partial charge < -0.3 is 24.3 Å². The normalized spacial score (nSPS) is 30.3. The molecule has 2 rings (SSSR count). The van der Waals surface area contributed by atoms with Crippen LogP contribution >= 0.6 is 0 Å². The number of rotatable bonds is 6. The lowest BCUT2D eigenvalue weighted by molar-refractivity contribution is -0.208. The third-order valence-electron chi connectivity index (χ3n) is 3.85. The van der Waals surface area contributed by atoms with Crippen LogP contribution in [0.3, 0.4) is 0 Å². The van der Waals surface area contributed by atoms with Gasteiger partial charge in [0.1, 0.15) is 0 Å². The third kappa shape index (κ3) is 4.13. The first kappa shape index (κ1) is 15.2. The molecule has 19 heavy (non-hydrogen) atoms. The first-order valence-corrected chi connectivity index (χ1v) is 7.33. The zero-order valence-electron chi connectivity index (χ0n) is 12.3. The van der Waals surface area contributed by atoms with Crippen molar-refractivity contribution in [3.05, 3.63) is 0 Å². The Morgan fingerprint density at radius 3 is 2.63 bits per heavy atom. The van der Waals surface area contributed by atoms with E-state index in [1.165, 1.54) is 0 Å². The fraction of sp³-hybridized carbons (Fsp3) is 1.00. The van der Waals surface area contributed by atoms with E-state index >= 15 is 0 Å². The highest BCUT2D eigenvalue weighted by Crippen LogP contribution is 2.37. The highest BCUT2D eigenvalue weighted by Gasteiger charge is 2.45. The van der Waals surface area contributed by atoms with E-state index < -0.39 is 5.79 Å². The molecule has 0 radical (unpaired) electrons. The maximum atomic E-state index is 5.98. The van der Waals surface area contributed by atoms with Crippen LogP contribution in [0, 0.1) is 0 Å². The molecule has 1 saturated heterocycles. The van der Waals surface area contributed by atoms with E-state index in [-0.39, 0.29) is 12.2 Å². The van der Waals surface area contributed by atoms with Crippen molar-refractivity contribution in [2.75, 3.05) is 33.5 Å². The van der Waals surface area contributed by atoms with Crippen molar-refractivity contribution in [3.8, 4) is 0 Å². The van der Waals surface area contributed by atoms with E-state index in [1.54, 1.807) is 0 Å². The molecular formula is C14H27NO4. The molecule has 2 aliphatic rings. The van der Waals surface area contributed by atoms with Crippen molar-refractivity contribution in [1.29, 1.82) is 0 Å². The Hall–Kier alpha value is -0.200. The van der Waals surface area contributed by atoms with Crippen molar-refractivity contribution in [1.82, 2.24) is 5.32 Å². The van der Waals surface area contributed by atoms with Gasteiger partial charge in [-0.05, 0) is 27.3 Å².